The summed E-state index contributed by atoms with van der Waals surface area (Å²) in [6, 6.07) is 9.48. The third-order valence-corrected chi connectivity index (χ3v) is 5.73. The van der Waals surface area contributed by atoms with Gasteiger partial charge in [0.2, 0.25) is 0 Å². The largest absolute Gasteiger partial charge is 0.386 e. The zero-order chi connectivity index (χ0) is 18.5. The highest BCUT2D eigenvalue weighted by Crippen LogP contribution is 2.82. The molecule has 6 nitrogen and oxygen atoms in total. The summed E-state index contributed by atoms with van der Waals surface area (Å²) in [6.07, 6.45) is 0. The van der Waals surface area contributed by atoms with Gasteiger partial charge in [-0.05, 0) is 25.5 Å². The van der Waals surface area contributed by atoms with E-state index in [1.807, 2.05) is 0 Å². The first-order chi connectivity index (χ1) is 11.9. The normalized spacial score (nSPS) is 31.6. The van der Waals surface area contributed by atoms with Gasteiger partial charge >= 0.3 is 0 Å². The van der Waals surface area contributed by atoms with Gasteiger partial charge in [0.1, 0.15) is 11.3 Å². The smallest absolute Gasteiger partial charge is 0.293 e. The number of hydrogen-bond donors (Lipinski definition) is 1. The van der Waals surface area contributed by atoms with E-state index in [0.717, 1.165) is 0 Å². The summed E-state index contributed by atoms with van der Waals surface area (Å²) in [5.41, 5.74) is 3.87. The summed E-state index contributed by atoms with van der Waals surface area (Å²) in [5.74, 6) is -2.29. The summed E-state index contributed by atoms with van der Waals surface area (Å²) in [5, 5.41) is 20.7. The van der Waals surface area contributed by atoms with Gasteiger partial charge in [-0.3, -0.25) is 0 Å². The number of nitrogens with zero attached hydrogens (tertiary/aromatic N) is 3. The number of halogens is 2. The fraction of sp³-hybridized carbons (Fsp3) is 0.471. The van der Waals surface area contributed by atoms with Gasteiger partial charge in [0, 0.05) is 19.1 Å². The summed E-state index contributed by atoms with van der Waals surface area (Å²) >= 11 is 12.5. The number of ether oxygens (including phenoxy) is 2. The maximum absolute atomic E-state index is 10.1. The molecule has 1 heterocycles. The van der Waals surface area contributed by atoms with E-state index in [-0.39, 0.29) is 24.1 Å². The van der Waals surface area contributed by atoms with Crippen LogP contribution in [-0.4, -0.2) is 25.0 Å². The van der Waals surface area contributed by atoms with E-state index in [2.05, 4.69) is 17.1 Å². The van der Waals surface area contributed by atoms with Crippen molar-refractivity contribution in [3.63, 3.8) is 0 Å². The molecule has 1 aliphatic carbocycles. The van der Waals surface area contributed by atoms with Gasteiger partial charge in [-0.2, -0.15) is 10.5 Å². The highest BCUT2D eigenvalue weighted by atomic mass is 35.5. The number of nitriles is 2. The minimum Gasteiger partial charge on any atom is -0.386 e. The fourth-order valence-corrected chi connectivity index (χ4v) is 4.38. The van der Waals surface area contributed by atoms with Gasteiger partial charge in [0.15, 0.2) is 5.41 Å². The molecule has 1 saturated carbocycles. The van der Waals surface area contributed by atoms with Gasteiger partial charge in [0.05, 0.1) is 22.2 Å². The maximum Gasteiger partial charge on any atom is 0.293 e. The van der Waals surface area contributed by atoms with Crippen LogP contribution in [0.1, 0.15) is 25.3 Å². The Hall–Kier alpha value is -1.83. The molecule has 8 heteroatoms. The molecule has 3 rings (SSSR count). The molecular formula is C17H16Cl2N4O2. The van der Waals surface area contributed by atoms with Crippen LogP contribution >= 0.6 is 23.2 Å². The molecule has 1 aliphatic heterocycles. The second kappa shape index (κ2) is 5.86. The van der Waals surface area contributed by atoms with Crippen LogP contribution in [0.25, 0.3) is 0 Å². The maximum atomic E-state index is 10.1. The zero-order valence-electron chi connectivity index (χ0n) is 13.7. The zero-order valence-corrected chi connectivity index (χ0v) is 15.2. The van der Waals surface area contributed by atoms with E-state index in [0.29, 0.717) is 10.6 Å². The first-order valence-corrected chi connectivity index (χ1v) is 8.58. The highest BCUT2D eigenvalue weighted by molar-refractivity contribution is 6.42. The number of rotatable bonds is 5. The average Bonchev–Trinajstić information content (AvgIpc) is 3.16. The van der Waals surface area contributed by atoms with Crippen LogP contribution < -0.4 is 5.73 Å². The molecule has 3 atom stereocenters. The number of fused-ring (bicyclic) bond motifs is 1. The first kappa shape index (κ1) is 18.0. The Morgan fingerprint density at radius 1 is 1.20 bits per heavy atom. The number of benzene rings is 1. The van der Waals surface area contributed by atoms with Crippen molar-refractivity contribution in [2.24, 2.45) is 21.6 Å². The van der Waals surface area contributed by atoms with Gasteiger partial charge in [-0.1, -0.05) is 35.3 Å². The van der Waals surface area contributed by atoms with Crippen molar-refractivity contribution in [1.29, 1.82) is 10.5 Å². The third-order valence-electron chi connectivity index (χ3n) is 4.90. The quantitative estimate of drug-likeness (QED) is 0.791. The molecule has 0 unspecified atom stereocenters. The van der Waals surface area contributed by atoms with Gasteiger partial charge in [-0.15, -0.1) is 0 Å². The molecule has 1 fully saturated rings. The lowest BCUT2D eigenvalue weighted by Crippen LogP contribution is -2.43. The summed E-state index contributed by atoms with van der Waals surface area (Å²) < 4.78 is 11.5. The fourth-order valence-electron chi connectivity index (χ4n) is 3.96. The molecule has 0 aromatic heterocycles. The molecule has 1 aromatic carbocycles. The van der Waals surface area contributed by atoms with Crippen molar-refractivity contribution < 1.29 is 9.47 Å². The lowest BCUT2D eigenvalue weighted by Gasteiger charge is -2.31. The summed E-state index contributed by atoms with van der Waals surface area (Å²) in [4.78, 5) is 4.27. The molecule has 2 N–H and O–H groups in total. The molecule has 0 amide bonds. The van der Waals surface area contributed by atoms with Crippen LogP contribution in [-0.2, 0) is 9.47 Å². The molecule has 130 valence electrons. The van der Waals surface area contributed by atoms with Crippen LogP contribution in [0.2, 0.25) is 10.0 Å². The van der Waals surface area contributed by atoms with E-state index < -0.39 is 22.7 Å². The molecule has 25 heavy (non-hydrogen) atoms. The Kier molecular flexibility index (Phi) is 4.21. The lowest BCUT2D eigenvalue weighted by atomic mass is 9.93. The Morgan fingerprint density at radius 3 is 2.36 bits per heavy atom. The minimum atomic E-state index is -1.65. The van der Waals surface area contributed by atoms with Crippen molar-refractivity contribution in [2.75, 3.05) is 13.2 Å². The van der Waals surface area contributed by atoms with E-state index in [4.69, 9.17) is 38.4 Å². The van der Waals surface area contributed by atoms with Crippen LogP contribution in [0.5, 0.6) is 0 Å². The van der Waals surface area contributed by atoms with E-state index >= 15 is 0 Å². The average molecular weight is 379 g/mol. The van der Waals surface area contributed by atoms with E-state index in [9.17, 15) is 10.5 Å². The van der Waals surface area contributed by atoms with Gasteiger partial charge in [0.25, 0.3) is 5.91 Å². The van der Waals surface area contributed by atoms with Crippen molar-refractivity contribution in [3.8, 4) is 12.1 Å². The predicted octanol–water partition coefficient (Wildman–Crippen LogP) is 3.21. The monoisotopic (exact) mass is 378 g/mol. The van der Waals surface area contributed by atoms with Crippen LogP contribution in [0, 0.1) is 33.5 Å². The van der Waals surface area contributed by atoms with Crippen molar-refractivity contribution >= 4 is 29.0 Å². The first-order valence-electron chi connectivity index (χ1n) is 7.82. The number of amidine groups is 1. The molecular weight excluding hydrogens is 363 g/mol. The van der Waals surface area contributed by atoms with Crippen molar-refractivity contribution in [1.82, 2.24) is 0 Å². The summed E-state index contributed by atoms with van der Waals surface area (Å²) in [6.45, 7) is 3.98. The molecule has 0 saturated heterocycles. The molecule has 0 bridgehead atoms. The Labute approximate surface area is 155 Å². The Morgan fingerprint density at radius 2 is 1.84 bits per heavy atom. The highest BCUT2D eigenvalue weighted by Gasteiger charge is 2.94. The number of aliphatic imine (C=N–C) groups is 1. The molecule has 0 radical (unpaired) electrons. The standard InChI is InChI=1S/C17H16Cl2N4O2/c1-3-24-17(25-4-2)16(9-21)13(15(16,8-20)14(22)23-17)10-6-5-7-11(18)12(10)19/h5-7,13H,3-4H2,1-2H3,(H2,22,23)/t13-,15+,16-/m0/s1. The van der Waals surface area contributed by atoms with Crippen LogP contribution in [0.15, 0.2) is 23.2 Å². The molecule has 2 aliphatic rings. The molecule has 1 aromatic rings. The van der Waals surface area contributed by atoms with Gasteiger partial charge in [-0.25, -0.2) is 4.99 Å². The molecule has 0 spiro atoms. The lowest BCUT2D eigenvalue weighted by molar-refractivity contribution is -0.255. The summed E-state index contributed by atoms with van der Waals surface area (Å²) in [7, 11) is 0. The third kappa shape index (κ3) is 1.89. The minimum absolute atomic E-state index is 0.0134. The Bertz CT molecular complexity index is 838. The van der Waals surface area contributed by atoms with E-state index in [1.165, 1.54) is 0 Å². The SMILES string of the molecule is CCOC1(OCC)N=C(N)[C@@]2(C#N)[C@H](c3cccc(Cl)c3Cl)[C@]12C#N. The second-order valence-electron chi connectivity index (χ2n) is 5.86. The Balaban J connectivity index is 2.27. The van der Waals surface area contributed by atoms with Gasteiger partial charge < -0.3 is 15.2 Å². The van der Waals surface area contributed by atoms with E-state index in [1.54, 1.807) is 32.0 Å². The predicted molar refractivity (Wildman–Crippen MR) is 92.9 cm³/mol. The van der Waals surface area contributed by atoms with Crippen molar-refractivity contribution in [2.45, 2.75) is 25.7 Å². The number of nitrogens with two attached hydrogens (primary N) is 1. The number of hydrogen-bond acceptors (Lipinski definition) is 6. The topological polar surface area (TPSA) is 104 Å². The van der Waals surface area contributed by atoms with Crippen LogP contribution in [0.4, 0.5) is 0 Å². The van der Waals surface area contributed by atoms with Crippen molar-refractivity contribution in [3.05, 3.63) is 33.8 Å². The van der Waals surface area contributed by atoms with Crippen LogP contribution in [0.3, 0.4) is 0 Å². The second-order valence-corrected chi connectivity index (χ2v) is 6.65.